The Bertz CT molecular complexity index is 2610. The SMILES string of the molecule is Nc1ccc2c(O)c(N=Nc3ccc(N=Nc4cccc5cc(S(=O)(=O)[O-])cc(O)c45)c4ccc(SOO[O-])cc34)c(S(=O)(=O)[O-])cc2c1.[Na+].[Na+].[Na+]. The number of nitrogen functional groups attached to an aromatic ring is 1. The fourth-order valence-corrected chi connectivity index (χ4v) is 6.60. The monoisotopic (exact) mass is 789 g/mol. The van der Waals surface area contributed by atoms with Crippen LogP contribution in [0, 0.1) is 0 Å². The predicted octanol–water partition coefficient (Wildman–Crippen LogP) is -2.98. The molecule has 0 bridgehead atoms. The first-order valence-electron chi connectivity index (χ1n) is 13.5. The van der Waals surface area contributed by atoms with E-state index in [1.54, 1.807) is 12.1 Å². The van der Waals surface area contributed by atoms with E-state index < -0.39 is 47.2 Å². The van der Waals surface area contributed by atoms with Crippen molar-refractivity contribution >= 4 is 93.0 Å². The molecule has 250 valence electrons. The molecule has 0 unspecified atom stereocenters. The topological polar surface area (TPSA) is 272 Å². The molecule has 0 heterocycles. The van der Waals surface area contributed by atoms with Gasteiger partial charge in [-0.25, -0.2) is 16.8 Å². The number of aromatic hydroxyl groups is 2. The first kappa shape index (κ1) is 44.1. The van der Waals surface area contributed by atoms with E-state index in [0.717, 1.165) is 18.2 Å². The van der Waals surface area contributed by atoms with Gasteiger partial charge in [0, 0.05) is 26.7 Å². The van der Waals surface area contributed by atoms with Crippen molar-refractivity contribution in [1.82, 2.24) is 0 Å². The van der Waals surface area contributed by atoms with Crippen LogP contribution in [0.3, 0.4) is 0 Å². The van der Waals surface area contributed by atoms with Gasteiger partial charge >= 0.3 is 88.7 Å². The van der Waals surface area contributed by atoms with Crippen LogP contribution in [0.1, 0.15) is 0 Å². The van der Waals surface area contributed by atoms with Crippen molar-refractivity contribution in [1.29, 1.82) is 0 Å². The first-order valence-corrected chi connectivity index (χ1v) is 17.1. The summed E-state index contributed by atoms with van der Waals surface area (Å²) in [4.78, 5) is -1.10. The molecular weight excluding hydrogens is 772 g/mol. The van der Waals surface area contributed by atoms with E-state index in [9.17, 15) is 41.4 Å². The first-order chi connectivity index (χ1) is 23.2. The minimum Gasteiger partial charge on any atom is -0.744 e. The van der Waals surface area contributed by atoms with E-state index in [1.807, 2.05) is 0 Å². The van der Waals surface area contributed by atoms with E-state index in [0.29, 0.717) is 27.7 Å². The van der Waals surface area contributed by atoms with Gasteiger partial charge in [0.1, 0.15) is 31.7 Å². The number of nitrogens with zero attached hydrogens (tertiary/aromatic N) is 4. The fraction of sp³-hybridized carbons (Fsp3) is 0. The maximum absolute atomic E-state index is 12.2. The Morgan fingerprint density at radius 2 is 1.33 bits per heavy atom. The summed E-state index contributed by atoms with van der Waals surface area (Å²) in [6, 6.07) is 19.3. The molecule has 0 aliphatic heterocycles. The predicted molar refractivity (Wildman–Crippen MR) is 172 cm³/mol. The zero-order chi connectivity index (χ0) is 35.1. The van der Waals surface area contributed by atoms with E-state index in [1.165, 1.54) is 54.6 Å². The zero-order valence-electron chi connectivity index (χ0n) is 27.2. The third-order valence-electron chi connectivity index (χ3n) is 7.16. The molecule has 6 aromatic rings. The average Bonchev–Trinajstić information content (AvgIpc) is 3.04. The van der Waals surface area contributed by atoms with Gasteiger partial charge in [0.2, 0.25) is 0 Å². The number of rotatable bonds is 9. The van der Waals surface area contributed by atoms with Gasteiger partial charge in [-0.3, -0.25) is 5.04 Å². The summed E-state index contributed by atoms with van der Waals surface area (Å²) in [5.74, 6) is -1.13. The van der Waals surface area contributed by atoms with E-state index in [4.69, 9.17) is 5.73 Å². The summed E-state index contributed by atoms with van der Waals surface area (Å²) < 4.78 is 75.5. The largest absolute Gasteiger partial charge is 1.00 e. The Labute approximate surface area is 365 Å². The molecule has 0 aliphatic rings. The molecule has 0 amide bonds. The molecule has 6 rings (SSSR count). The molecule has 0 aromatic heterocycles. The van der Waals surface area contributed by atoms with Gasteiger partial charge < -0.3 is 30.3 Å². The number of benzene rings is 6. The van der Waals surface area contributed by atoms with Gasteiger partial charge in [0.25, 0.3) is 0 Å². The van der Waals surface area contributed by atoms with Gasteiger partial charge in [0.15, 0.2) is 5.75 Å². The van der Waals surface area contributed by atoms with Crippen molar-refractivity contribution in [2.75, 3.05) is 5.73 Å². The Morgan fingerprint density at radius 1 is 0.673 bits per heavy atom. The molecular formula is C30H18N5Na3O11S3. The molecule has 0 atom stereocenters. The Balaban J connectivity index is 0.00000243. The zero-order valence-corrected chi connectivity index (χ0v) is 35.7. The normalized spacial score (nSPS) is 11.9. The number of fused-ring (bicyclic) bond motifs is 3. The number of phenols is 2. The van der Waals surface area contributed by atoms with Crippen LogP contribution in [-0.2, 0) is 29.6 Å². The van der Waals surface area contributed by atoms with E-state index >= 15 is 0 Å². The van der Waals surface area contributed by atoms with Gasteiger partial charge in [-0.2, -0.15) is 4.33 Å². The number of anilines is 1. The standard InChI is InChI=1S/C30H21N5O11S3.3Na/c31-17-4-6-20-16(10-17)12-27(49(42,43)44)29(30(20)37)35-33-24-9-8-23(21-7-5-18(13-22(21)24)47-46-45-38)32-34-25-3-1-2-15-11-19(48(39,40)41)14-26(36)28(15)25;;;/h1-14,36-38H,31H2,(H,39,40,41)(H,42,43,44);;;/q;3*+1/p-3. The summed E-state index contributed by atoms with van der Waals surface area (Å²) in [5, 5.41) is 53.4. The number of hydrogen-bond acceptors (Lipinski definition) is 17. The van der Waals surface area contributed by atoms with Crippen LogP contribution in [-0.4, -0.2) is 36.2 Å². The van der Waals surface area contributed by atoms with Gasteiger partial charge in [-0.15, -0.1) is 20.5 Å². The molecule has 0 fully saturated rings. The fourth-order valence-electron chi connectivity index (χ4n) is 5.03. The molecule has 22 heteroatoms. The summed E-state index contributed by atoms with van der Waals surface area (Å²) in [6.45, 7) is 0. The molecule has 16 nitrogen and oxygen atoms in total. The van der Waals surface area contributed by atoms with Crippen LogP contribution in [0.15, 0.2) is 120 Å². The van der Waals surface area contributed by atoms with Crippen LogP contribution in [0.4, 0.5) is 28.4 Å². The third kappa shape index (κ3) is 9.51. The van der Waals surface area contributed by atoms with E-state index in [2.05, 4.69) is 29.8 Å². The van der Waals surface area contributed by atoms with Crippen molar-refractivity contribution in [3.05, 3.63) is 84.9 Å². The van der Waals surface area contributed by atoms with Crippen molar-refractivity contribution in [2.24, 2.45) is 20.5 Å². The van der Waals surface area contributed by atoms with Crippen LogP contribution >= 0.6 is 12.0 Å². The van der Waals surface area contributed by atoms with Crippen molar-refractivity contribution in [2.45, 2.75) is 14.7 Å². The second-order valence-corrected chi connectivity index (χ2v) is 13.7. The van der Waals surface area contributed by atoms with Crippen molar-refractivity contribution in [3.63, 3.8) is 0 Å². The smallest absolute Gasteiger partial charge is 0.744 e. The number of azo groups is 2. The van der Waals surface area contributed by atoms with E-state index in [-0.39, 0.29) is 133 Å². The number of phenolic OH excluding ortho intramolecular Hbond substituents is 2. The average molecular weight is 790 g/mol. The second kappa shape index (κ2) is 17.9. The molecule has 0 saturated heterocycles. The van der Waals surface area contributed by atoms with Gasteiger partial charge in [-0.05, 0) is 77.5 Å². The van der Waals surface area contributed by atoms with Crippen LogP contribution in [0.5, 0.6) is 11.5 Å². The molecule has 0 saturated carbocycles. The molecule has 4 N–H and O–H groups in total. The van der Waals surface area contributed by atoms with Crippen molar-refractivity contribution in [3.8, 4) is 11.5 Å². The molecule has 0 radical (unpaired) electrons. The van der Waals surface area contributed by atoms with Crippen LogP contribution < -0.4 is 99.7 Å². The molecule has 0 aliphatic carbocycles. The minimum absolute atomic E-state index is 0. The minimum atomic E-state index is -5.15. The molecule has 0 spiro atoms. The Hall–Kier alpha value is -2.25. The Morgan fingerprint density at radius 3 is 2.00 bits per heavy atom. The van der Waals surface area contributed by atoms with Gasteiger partial charge in [-0.1, -0.05) is 18.2 Å². The van der Waals surface area contributed by atoms with Crippen LogP contribution in [0.25, 0.3) is 32.3 Å². The quantitative estimate of drug-likeness (QED) is 0.0251. The van der Waals surface area contributed by atoms with Crippen molar-refractivity contribution < 1.29 is 139 Å². The summed E-state index contributed by atoms with van der Waals surface area (Å²) in [6.07, 6.45) is 0. The molecule has 52 heavy (non-hydrogen) atoms. The number of nitrogens with two attached hydrogens (primary N) is 1. The summed E-state index contributed by atoms with van der Waals surface area (Å²) in [7, 11) is -10.0. The third-order valence-corrected chi connectivity index (χ3v) is 9.40. The maximum atomic E-state index is 12.2. The summed E-state index contributed by atoms with van der Waals surface area (Å²) in [5.41, 5.74) is 5.91. The molecule has 6 aromatic carbocycles. The maximum Gasteiger partial charge on any atom is 1.00 e. The summed E-state index contributed by atoms with van der Waals surface area (Å²) >= 11 is 0.566. The van der Waals surface area contributed by atoms with Crippen LogP contribution in [0.2, 0.25) is 0 Å². The second-order valence-electron chi connectivity index (χ2n) is 10.2. The Kier molecular flexibility index (Phi) is 15.2. The van der Waals surface area contributed by atoms with Gasteiger partial charge in [0.05, 0.1) is 44.3 Å². The number of hydrogen-bond donors (Lipinski definition) is 3.